The SMILES string of the molecule is Cc1nnc(-c2cccc(NC(=O)c3ccc(-c4ccccc4F)o3)c2)n1C. The molecule has 2 aromatic heterocycles. The third-order valence-electron chi connectivity index (χ3n) is 4.44. The van der Waals surface area contributed by atoms with Crippen LogP contribution in [0.25, 0.3) is 22.7 Å². The lowest BCUT2D eigenvalue weighted by molar-refractivity contribution is 0.0997. The number of nitrogens with zero attached hydrogens (tertiary/aromatic N) is 3. The second kappa shape index (κ2) is 7.11. The van der Waals surface area contributed by atoms with Crippen LogP contribution in [0.3, 0.4) is 0 Å². The van der Waals surface area contributed by atoms with Crippen molar-refractivity contribution in [3.05, 3.63) is 78.1 Å². The normalized spacial score (nSPS) is 10.8. The van der Waals surface area contributed by atoms with Gasteiger partial charge in [0.1, 0.15) is 17.4 Å². The summed E-state index contributed by atoms with van der Waals surface area (Å²) in [5.41, 5.74) is 1.72. The molecule has 140 valence electrons. The number of hydrogen-bond donors (Lipinski definition) is 1. The third-order valence-corrected chi connectivity index (χ3v) is 4.44. The van der Waals surface area contributed by atoms with Crippen LogP contribution >= 0.6 is 0 Å². The Morgan fingerprint density at radius 3 is 2.64 bits per heavy atom. The van der Waals surface area contributed by atoms with Gasteiger partial charge >= 0.3 is 0 Å². The minimum atomic E-state index is -0.422. The van der Waals surface area contributed by atoms with Crippen molar-refractivity contribution in [3.8, 4) is 22.7 Å². The van der Waals surface area contributed by atoms with E-state index >= 15 is 0 Å². The molecule has 0 saturated heterocycles. The second-order valence-electron chi connectivity index (χ2n) is 6.31. The molecule has 0 atom stereocenters. The average Bonchev–Trinajstić information content (AvgIpc) is 3.30. The maximum Gasteiger partial charge on any atom is 0.291 e. The molecule has 0 aliphatic heterocycles. The largest absolute Gasteiger partial charge is 0.451 e. The molecule has 4 aromatic rings. The Balaban J connectivity index is 1.56. The van der Waals surface area contributed by atoms with Crippen LogP contribution in [-0.2, 0) is 7.05 Å². The van der Waals surface area contributed by atoms with Gasteiger partial charge in [-0.25, -0.2) is 4.39 Å². The zero-order valence-corrected chi connectivity index (χ0v) is 15.3. The van der Waals surface area contributed by atoms with E-state index in [1.165, 1.54) is 12.1 Å². The van der Waals surface area contributed by atoms with Crippen LogP contribution in [0.2, 0.25) is 0 Å². The van der Waals surface area contributed by atoms with Gasteiger partial charge in [0.2, 0.25) is 0 Å². The van der Waals surface area contributed by atoms with Crippen molar-refractivity contribution in [2.75, 3.05) is 5.32 Å². The molecule has 2 aromatic carbocycles. The highest BCUT2D eigenvalue weighted by Crippen LogP contribution is 2.26. The monoisotopic (exact) mass is 376 g/mol. The van der Waals surface area contributed by atoms with E-state index in [0.29, 0.717) is 22.8 Å². The van der Waals surface area contributed by atoms with Gasteiger partial charge in [0.25, 0.3) is 5.91 Å². The Morgan fingerprint density at radius 1 is 1.07 bits per heavy atom. The Morgan fingerprint density at radius 2 is 1.89 bits per heavy atom. The first kappa shape index (κ1) is 17.7. The summed E-state index contributed by atoms with van der Waals surface area (Å²) < 4.78 is 21.3. The molecular weight excluding hydrogens is 359 g/mol. The van der Waals surface area contributed by atoms with Crippen LogP contribution in [0, 0.1) is 12.7 Å². The molecule has 0 bridgehead atoms. The number of benzene rings is 2. The van der Waals surface area contributed by atoms with Gasteiger partial charge in [-0.05, 0) is 43.3 Å². The summed E-state index contributed by atoms with van der Waals surface area (Å²) in [6.45, 7) is 1.87. The number of anilines is 1. The lowest BCUT2D eigenvalue weighted by Gasteiger charge is -2.06. The number of halogens is 1. The van der Waals surface area contributed by atoms with Crippen molar-refractivity contribution in [1.29, 1.82) is 0 Å². The fourth-order valence-corrected chi connectivity index (χ4v) is 2.85. The quantitative estimate of drug-likeness (QED) is 0.571. The van der Waals surface area contributed by atoms with Crippen molar-refractivity contribution < 1.29 is 13.6 Å². The molecule has 0 radical (unpaired) electrons. The van der Waals surface area contributed by atoms with Crippen molar-refractivity contribution in [2.45, 2.75) is 6.92 Å². The molecule has 28 heavy (non-hydrogen) atoms. The molecule has 4 rings (SSSR count). The van der Waals surface area contributed by atoms with Crippen LogP contribution in [0.15, 0.2) is 65.1 Å². The van der Waals surface area contributed by atoms with Crippen LogP contribution in [0.1, 0.15) is 16.4 Å². The highest BCUT2D eigenvalue weighted by atomic mass is 19.1. The number of furan rings is 1. The predicted molar refractivity (Wildman–Crippen MR) is 103 cm³/mol. The first-order valence-corrected chi connectivity index (χ1v) is 8.65. The molecule has 0 unspecified atom stereocenters. The van der Waals surface area contributed by atoms with Gasteiger partial charge in [-0.1, -0.05) is 24.3 Å². The van der Waals surface area contributed by atoms with E-state index in [0.717, 1.165) is 11.4 Å². The van der Waals surface area contributed by atoms with Crippen molar-refractivity contribution in [1.82, 2.24) is 14.8 Å². The van der Waals surface area contributed by atoms with Gasteiger partial charge in [0.15, 0.2) is 11.6 Å². The maximum atomic E-state index is 13.9. The summed E-state index contributed by atoms with van der Waals surface area (Å²) in [6, 6.07) is 16.6. The van der Waals surface area contributed by atoms with Gasteiger partial charge in [-0.15, -0.1) is 10.2 Å². The number of rotatable bonds is 4. The number of aryl methyl sites for hydroxylation is 1. The molecule has 7 heteroatoms. The summed E-state index contributed by atoms with van der Waals surface area (Å²) in [6.07, 6.45) is 0. The minimum absolute atomic E-state index is 0.0955. The first-order valence-electron chi connectivity index (χ1n) is 8.65. The van der Waals surface area contributed by atoms with E-state index in [4.69, 9.17) is 4.42 Å². The zero-order chi connectivity index (χ0) is 19.7. The molecule has 0 saturated carbocycles. The number of amides is 1. The summed E-state index contributed by atoms with van der Waals surface area (Å²) in [5, 5.41) is 11.0. The topological polar surface area (TPSA) is 73.0 Å². The van der Waals surface area contributed by atoms with Crippen molar-refractivity contribution in [2.24, 2.45) is 7.05 Å². The molecule has 2 heterocycles. The van der Waals surface area contributed by atoms with Crippen LogP contribution in [0.5, 0.6) is 0 Å². The average molecular weight is 376 g/mol. The summed E-state index contributed by atoms with van der Waals surface area (Å²) in [5.74, 6) is 1.06. The standard InChI is InChI=1S/C21H17FN4O2/c1-13-24-25-20(26(13)2)14-6-5-7-15(12-14)23-21(27)19-11-10-18(28-19)16-8-3-4-9-17(16)22/h3-12H,1-2H3,(H,23,27). The molecule has 1 N–H and O–H groups in total. The van der Waals surface area contributed by atoms with Gasteiger partial charge in [-0.2, -0.15) is 0 Å². The number of nitrogens with one attached hydrogen (secondary N) is 1. The molecule has 0 fully saturated rings. The smallest absolute Gasteiger partial charge is 0.291 e. The van der Waals surface area contributed by atoms with E-state index in [1.807, 2.05) is 36.7 Å². The maximum absolute atomic E-state index is 13.9. The molecule has 0 aliphatic rings. The van der Waals surface area contributed by atoms with E-state index in [-0.39, 0.29) is 5.76 Å². The second-order valence-corrected chi connectivity index (χ2v) is 6.31. The van der Waals surface area contributed by atoms with Gasteiger partial charge in [0, 0.05) is 18.3 Å². The van der Waals surface area contributed by atoms with Crippen LogP contribution in [-0.4, -0.2) is 20.7 Å². The van der Waals surface area contributed by atoms with Gasteiger partial charge in [0.05, 0.1) is 5.56 Å². The molecule has 6 nitrogen and oxygen atoms in total. The van der Waals surface area contributed by atoms with Crippen molar-refractivity contribution >= 4 is 11.6 Å². The first-order chi connectivity index (χ1) is 13.5. The number of carbonyl (C=O) groups excluding carboxylic acids is 1. The molecule has 0 spiro atoms. The van der Waals surface area contributed by atoms with Crippen molar-refractivity contribution in [3.63, 3.8) is 0 Å². The summed E-state index contributed by atoms with van der Waals surface area (Å²) in [4.78, 5) is 12.5. The predicted octanol–water partition coefficient (Wildman–Crippen LogP) is 4.44. The fourth-order valence-electron chi connectivity index (χ4n) is 2.85. The fraction of sp³-hybridized carbons (Fsp3) is 0.0952. The molecule has 1 amide bonds. The van der Waals surface area contributed by atoms with E-state index in [9.17, 15) is 9.18 Å². The minimum Gasteiger partial charge on any atom is -0.451 e. The van der Waals surface area contributed by atoms with Crippen LogP contribution in [0.4, 0.5) is 10.1 Å². The Bertz CT molecular complexity index is 1160. The zero-order valence-electron chi connectivity index (χ0n) is 15.3. The number of hydrogen-bond acceptors (Lipinski definition) is 4. The lowest BCUT2D eigenvalue weighted by atomic mass is 10.1. The lowest BCUT2D eigenvalue weighted by Crippen LogP contribution is -2.10. The van der Waals surface area contributed by atoms with Gasteiger partial charge < -0.3 is 14.3 Å². The Hall–Kier alpha value is -3.74. The summed E-state index contributed by atoms with van der Waals surface area (Å²) >= 11 is 0. The Kier molecular flexibility index (Phi) is 4.49. The summed E-state index contributed by atoms with van der Waals surface area (Å²) in [7, 11) is 1.88. The highest BCUT2D eigenvalue weighted by molar-refractivity contribution is 6.02. The van der Waals surface area contributed by atoms with E-state index in [1.54, 1.807) is 30.3 Å². The Labute approximate surface area is 160 Å². The van der Waals surface area contributed by atoms with E-state index < -0.39 is 11.7 Å². The third kappa shape index (κ3) is 3.29. The van der Waals surface area contributed by atoms with Gasteiger partial charge in [-0.3, -0.25) is 4.79 Å². The highest BCUT2D eigenvalue weighted by Gasteiger charge is 2.15. The van der Waals surface area contributed by atoms with E-state index in [2.05, 4.69) is 15.5 Å². The van der Waals surface area contributed by atoms with Crippen LogP contribution < -0.4 is 5.32 Å². The molecule has 0 aliphatic carbocycles. The molecular formula is C21H17FN4O2. The number of carbonyl (C=O) groups is 1. The number of aromatic nitrogens is 3.